The molecule has 1 saturated heterocycles. The van der Waals surface area contributed by atoms with Crippen molar-refractivity contribution < 1.29 is 4.74 Å². The summed E-state index contributed by atoms with van der Waals surface area (Å²) in [6.07, 6.45) is 3.68. The molecule has 104 valence electrons. The molecule has 3 unspecified atom stereocenters. The first-order valence-corrected chi connectivity index (χ1v) is 7.35. The second-order valence-electron chi connectivity index (χ2n) is 6.00. The lowest BCUT2D eigenvalue weighted by Gasteiger charge is -2.29. The Hall–Kier alpha value is -1.06. The van der Waals surface area contributed by atoms with Gasteiger partial charge in [-0.25, -0.2) is 0 Å². The van der Waals surface area contributed by atoms with Crippen LogP contribution < -0.4 is 10.5 Å². The third kappa shape index (κ3) is 2.26. The number of nitrogens with zero attached hydrogens (tertiary/aromatic N) is 1. The van der Waals surface area contributed by atoms with Crippen molar-refractivity contribution in [1.29, 1.82) is 0 Å². The van der Waals surface area contributed by atoms with E-state index in [0.717, 1.165) is 18.8 Å². The lowest BCUT2D eigenvalue weighted by molar-refractivity contribution is 0.186. The van der Waals surface area contributed by atoms with Crippen LogP contribution in [0.1, 0.15) is 36.9 Å². The highest BCUT2D eigenvalue weighted by molar-refractivity contribution is 5.41. The zero-order valence-corrected chi connectivity index (χ0v) is 11.9. The number of rotatable bonds is 3. The Morgan fingerprint density at radius 2 is 2.26 bits per heavy atom. The van der Waals surface area contributed by atoms with Gasteiger partial charge in [0.05, 0.1) is 7.11 Å². The Balaban J connectivity index is 1.85. The molecule has 2 N–H and O–H groups in total. The molecule has 1 aliphatic carbocycles. The SMILES string of the molecule is COc1ccc2c(c1)C(N1CC(CN)CC1C)CC2. The van der Waals surface area contributed by atoms with Crippen LogP contribution in [0, 0.1) is 5.92 Å². The van der Waals surface area contributed by atoms with Crippen LogP contribution in [0.15, 0.2) is 18.2 Å². The summed E-state index contributed by atoms with van der Waals surface area (Å²) >= 11 is 0. The molecular weight excluding hydrogens is 236 g/mol. The fraction of sp³-hybridized carbons (Fsp3) is 0.625. The standard InChI is InChI=1S/C16H24N2O/c1-11-7-12(9-17)10-18(11)16-6-4-13-3-5-14(19-2)8-15(13)16/h3,5,8,11-12,16H,4,6-7,9-10,17H2,1-2H3. The van der Waals surface area contributed by atoms with Crippen molar-refractivity contribution in [3.63, 3.8) is 0 Å². The molecule has 0 radical (unpaired) electrons. The Morgan fingerprint density at radius 3 is 2.95 bits per heavy atom. The molecule has 0 saturated carbocycles. The molecule has 3 rings (SSSR count). The lowest BCUT2D eigenvalue weighted by atomic mass is 10.1. The van der Waals surface area contributed by atoms with E-state index >= 15 is 0 Å². The first-order chi connectivity index (χ1) is 9.22. The molecule has 1 fully saturated rings. The van der Waals surface area contributed by atoms with Gasteiger partial charge in [-0.3, -0.25) is 4.90 Å². The summed E-state index contributed by atoms with van der Waals surface area (Å²) in [4.78, 5) is 2.66. The van der Waals surface area contributed by atoms with E-state index in [9.17, 15) is 0 Å². The summed E-state index contributed by atoms with van der Waals surface area (Å²) in [5.74, 6) is 1.65. The molecule has 1 aliphatic heterocycles. The summed E-state index contributed by atoms with van der Waals surface area (Å²) in [7, 11) is 1.74. The minimum atomic E-state index is 0.566. The number of fused-ring (bicyclic) bond motifs is 1. The van der Waals surface area contributed by atoms with Crippen LogP contribution in [0.25, 0.3) is 0 Å². The molecule has 1 aromatic carbocycles. The van der Waals surface area contributed by atoms with E-state index in [1.807, 2.05) is 0 Å². The van der Waals surface area contributed by atoms with E-state index < -0.39 is 0 Å². The molecule has 0 bridgehead atoms. The molecular formula is C16H24N2O. The average Bonchev–Trinajstić information content (AvgIpc) is 3.00. The summed E-state index contributed by atoms with van der Waals surface area (Å²) in [5.41, 5.74) is 8.82. The van der Waals surface area contributed by atoms with Crippen LogP contribution in [-0.2, 0) is 6.42 Å². The molecule has 3 nitrogen and oxygen atoms in total. The monoisotopic (exact) mass is 260 g/mol. The largest absolute Gasteiger partial charge is 0.497 e. The van der Waals surface area contributed by atoms with Crippen molar-refractivity contribution in [2.75, 3.05) is 20.2 Å². The summed E-state index contributed by atoms with van der Waals surface area (Å²) in [6, 6.07) is 7.76. The van der Waals surface area contributed by atoms with Crippen LogP contribution >= 0.6 is 0 Å². The normalized spacial score (nSPS) is 30.6. The lowest BCUT2D eigenvalue weighted by Crippen LogP contribution is -2.31. The maximum atomic E-state index is 5.85. The van der Waals surface area contributed by atoms with Gasteiger partial charge in [-0.05, 0) is 61.9 Å². The van der Waals surface area contributed by atoms with Gasteiger partial charge in [0.1, 0.15) is 5.75 Å². The van der Waals surface area contributed by atoms with Gasteiger partial charge in [-0.1, -0.05) is 6.07 Å². The fourth-order valence-corrected chi connectivity index (χ4v) is 3.81. The first kappa shape index (κ1) is 12.9. The molecule has 2 aliphatic rings. The molecule has 0 aromatic heterocycles. The van der Waals surface area contributed by atoms with Crippen molar-refractivity contribution in [3.8, 4) is 5.75 Å². The van der Waals surface area contributed by atoms with Gasteiger partial charge in [0.25, 0.3) is 0 Å². The Morgan fingerprint density at radius 1 is 1.42 bits per heavy atom. The van der Waals surface area contributed by atoms with Gasteiger partial charge in [0.2, 0.25) is 0 Å². The van der Waals surface area contributed by atoms with Crippen molar-refractivity contribution in [2.45, 2.75) is 38.3 Å². The maximum absolute atomic E-state index is 5.85. The predicted octanol–water partition coefficient (Wildman–Crippen LogP) is 2.35. The highest BCUT2D eigenvalue weighted by Crippen LogP contribution is 2.41. The number of hydrogen-bond acceptors (Lipinski definition) is 3. The summed E-state index contributed by atoms with van der Waals surface area (Å²) in [6.45, 7) is 4.31. The molecule has 3 atom stereocenters. The second-order valence-corrected chi connectivity index (χ2v) is 6.00. The van der Waals surface area contributed by atoms with E-state index in [1.165, 1.54) is 30.4 Å². The molecule has 1 heterocycles. The fourth-order valence-electron chi connectivity index (χ4n) is 3.81. The number of methoxy groups -OCH3 is 1. The average molecular weight is 260 g/mol. The van der Waals surface area contributed by atoms with Gasteiger partial charge >= 0.3 is 0 Å². The van der Waals surface area contributed by atoms with Gasteiger partial charge in [0, 0.05) is 18.6 Å². The minimum Gasteiger partial charge on any atom is -0.497 e. The van der Waals surface area contributed by atoms with E-state index in [4.69, 9.17) is 10.5 Å². The number of benzene rings is 1. The van der Waals surface area contributed by atoms with E-state index in [-0.39, 0.29) is 0 Å². The van der Waals surface area contributed by atoms with Crippen LogP contribution in [0.4, 0.5) is 0 Å². The van der Waals surface area contributed by atoms with E-state index in [1.54, 1.807) is 7.11 Å². The number of ether oxygens (including phenoxy) is 1. The van der Waals surface area contributed by atoms with Crippen LogP contribution in [0.3, 0.4) is 0 Å². The topological polar surface area (TPSA) is 38.5 Å². The first-order valence-electron chi connectivity index (χ1n) is 7.35. The van der Waals surface area contributed by atoms with Gasteiger partial charge in [-0.15, -0.1) is 0 Å². The second kappa shape index (κ2) is 5.14. The number of nitrogens with two attached hydrogens (primary N) is 1. The maximum Gasteiger partial charge on any atom is 0.119 e. The third-order valence-electron chi connectivity index (χ3n) is 4.84. The molecule has 1 aromatic rings. The van der Waals surface area contributed by atoms with Crippen LogP contribution in [0.5, 0.6) is 5.75 Å². The molecule has 19 heavy (non-hydrogen) atoms. The number of aryl methyl sites for hydroxylation is 1. The van der Waals surface area contributed by atoms with Gasteiger partial charge < -0.3 is 10.5 Å². The van der Waals surface area contributed by atoms with Crippen LogP contribution in [-0.4, -0.2) is 31.1 Å². The highest BCUT2D eigenvalue weighted by atomic mass is 16.5. The number of likely N-dealkylation sites (tertiary alicyclic amines) is 1. The molecule has 0 spiro atoms. The van der Waals surface area contributed by atoms with Crippen molar-refractivity contribution >= 4 is 0 Å². The Kier molecular flexibility index (Phi) is 3.50. The highest BCUT2D eigenvalue weighted by Gasteiger charge is 2.36. The van der Waals surface area contributed by atoms with Crippen LogP contribution in [0.2, 0.25) is 0 Å². The van der Waals surface area contributed by atoms with Crippen molar-refractivity contribution in [3.05, 3.63) is 29.3 Å². The van der Waals surface area contributed by atoms with Gasteiger partial charge in [0.15, 0.2) is 0 Å². The summed E-state index contributed by atoms with van der Waals surface area (Å²) in [5, 5.41) is 0. The Labute approximate surface area is 115 Å². The minimum absolute atomic E-state index is 0.566. The van der Waals surface area contributed by atoms with Crippen molar-refractivity contribution in [1.82, 2.24) is 4.90 Å². The molecule has 3 heteroatoms. The summed E-state index contributed by atoms with van der Waals surface area (Å²) < 4.78 is 5.38. The van der Waals surface area contributed by atoms with Crippen molar-refractivity contribution in [2.24, 2.45) is 11.7 Å². The van der Waals surface area contributed by atoms with E-state index in [0.29, 0.717) is 18.0 Å². The predicted molar refractivity (Wildman–Crippen MR) is 77.4 cm³/mol. The van der Waals surface area contributed by atoms with E-state index in [2.05, 4.69) is 30.0 Å². The smallest absolute Gasteiger partial charge is 0.119 e. The van der Waals surface area contributed by atoms with Gasteiger partial charge in [-0.2, -0.15) is 0 Å². The zero-order valence-electron chi connectivity index (χ0n) is 11.9. The zero-order chi connectivity index (χ0) is 13.4. The third-order valence-corrected chi connectivity index (χ3v) is 4.84. The quantitative estimate of drug-likeness (QED) is 0.906. The number of hydrogen-bond donors (Lipinski definition) is 1. The molecule has 0 amide bonds. The Bertz CT molecular complexity index is 460.